The fraction of sp³-hybridized carbons (Fsp3) is 0.150. The van der Waals surface area contributed by atoms with Crippen LogP contribution in [0.2, 0.25) is 0 Å². The van der Waals surface area contributed by atoms with Crippen LogP contribution in [0.4, 0.5) is 5.69 Å². The zero-order valence-electron chi connectivity index (χ0n) is 14.9. The van der Waals surface area contributed by atoms with E-state index >= 15 is 0 Å². The van der Waals surface area contributed by atoms with Crippen LogP contribution in [0.15, 0.2) is 52.3 Å². The Bertz CT molecular complexity index is 1100. The van der Waals surface area contributed by atoms with Gasteiger partial charge in [-0.3, -0.25) is 4.79 Å². The average Bonchev–Trinajstić information content (AvgIpc) is 3.28. The van der Waals surface area contributed by atoms with E-state index in [1.165, 1.54) is 11.3 Å². The van der Waals surface area contributed by atoms with Gasteiger partial charge < -0.3 is 14.5 Å². The zero-order valence-corrected chi connectivity index (χ0v) is 15.7. The maximum Gasteiger partial charge on any atom is 0.275 e. The molecule has 0 atom stereocenters. The van der Waals surface area contributed by atoms with Gasteiger partial charge in [-0.1, -0.05) is 0 Å². The van der Waals surface area contributed by atoms with Crippen LogP contribution in [0.25, 0.3) is 21.7 Å². The van der Waals surface area contributed by atoms with Crippen molar-refractivity contribution in [2.45, 2.75) is 13.8 Å². The fourth-order valence-electron chi connectivity index (χ4n) is 2.69. The first-order valence-electron chi connectivity index (χ1n) is 8.49. The van der Waals surface area contributed by atoms with Gasteiger partial charge >= 0.3 is 0 Å². The lowest BCUT2D eigenvalue weighted by atomic mass is 10.2. The predicted octanol–water partition coefficient (Wildman–Crippen LogP) is 4.91. The van der Waals surface area contributed by atoms with Gasteiger partial charge in [0, 0.05) is 23.6 Å². The Morgan fingerprint density at radius 2 is 2.00 bits per heavy atom. The van der Waals surface area contributed by atoms with Gasteiger partial charge in [0.2, 0.25) is 0 Å². The minimum atomic E-state index is -0.261. The van der Waals surface area contributed by atoms with Crippen molar-refractivity contribution < 1.29 is 13.9 Å². The van der Waals surface area contributed by atoms with Crippen LogP contribution in [0.3, 0.4) is 0 Å². The van der Waals surface area contributed by atoms with E-state index in [1.807, 2.05) is 31.2 Å². The summed E-state index contributed by atoms with van der Waals surface area (Å²) < 4.78 is 10.9. The maximum atomic E-state index is 12.5. The minimum absolute atomic E-state index is 0.261. The van der Waals surface area contributed by atoms with Crippen molar-refractivity contribution in [2.24, 2.45) is 0 Å². The Kier molecular flexibility index (Phi) is 4.60. The van der Waals surface area contributed by atoms with Crippen molar-refractivity contribution in [3.63, 3.8) is 0 Å². The molecule has 0 unspecified atom stereocenters. The van der Waals surface area contributed by atoms with Crippen LogP contribution in [0.1, 0.15) is 23.3 Å². The Labute approximate surface area is 159 Å². The lowest BCUT2D eigenvalue weighted by Gasteiger charge is -2.03. The molecule has 27 heavy (non-hydrogen) atoms. The van der Waals surface area contributed by atoms with Gasteiger partial charge in [-0.05, 0) is 49.4 Å². The van der Waals surface area contributed by atoms with Gasteiger partial charge in [0.15, 0.2) is 11.5 Å². The number of ether oxygens (including phenoxy) is 1. The Morgan fingerprint density at radius 3 is 2.78 bits per heavy atom. The molecule has 2 heterocycles. The highest BCUT2D eigenvalue weighted by Gasteiger charge is 2.13. The number of carbonyl (C=O) groups is 1. The van der Waals surface area contributed by atoms with E-state index in [4.69, 9.17) is 9.15 Å². The molecule has 1 amide bonds. The molecule has 4 rings (SSSR count). The number of nitrogens with zero attached hydrogens (tertiary/aromatic N) is 2. The summed E-state index contributed by atoms with van der Waals surface area (Å²) in [6.45, 7) is 4.36. The molecular weight excluding hydrogens is 362 g/mol. The number of benzene rings is 2. The van der Waals surface area contributed by atoms with Crippen LogP contribution in [0, 0.1) is 6.92 Å². The molecule has 2 aromatic carbocycles. The molecule has 7 heteroatoms. The monoisotopic (exact) mass is 379 g/mol. The lowest BCUT2D eigenvalue weighted by molar-refractivity contribution is 0.102. The average molecular weight is 379 g/mol. The zero-order chi connectivity index (χ0) is 18.8. The second-order valence-electron chi connectivity index (χ2n) is 5.86. The molecule has 0 aliphatic heterocycles. The van der Waals surface area contributed by atoms with Crippen molar-refractivity contribution in [1.29, 1.82) is 0 Å². The summed E-state index contributed by atoms with van der Waals surface area (Å²) in [6, 6.07) is 13.0. The van der Waals surface area contributed by atoms with Gasteiger partial charge in [-0.25, -0.2) is 9.97 Å². The molecule has 0 fully saturated rings. The highest BCUT2D eigenvalue weighted by Crippen LogP contribution is 2.26. The number of nitrogens with one attached hydrogen (secondary N) is 1. The van der Waals surface area contributed by atoms with Gasteiger partial charge in [0.25, 0.3) is 5.91 Å². The molecular formula is C20H17N3O3S. The fourth-order valence-corrected chi connectivity index (χ4v) is 3.49. The number of amides is 1. The van der Waals surface area contributed by atoms with Crippen molar-refractivity contribution in [3.8, 4) is 16.3 Å². The van der Waals surface area contributed by atoms with Crippen molar-refractivity contribution >= 4 is 34.0 Å². The second kappa shape index (κ2) is 7.20. The van der Waals surface area contributed by atoms with Crippen molar-refractivity contribution in [1.82, 2.24) is 9.97 Å². The molecule has 0 saturated heterocycles. The van der Waals surface area contributed by atoms with E-state index in [-0.39, 0.29) is 5.91 Å². The summed E-state index contributed by atoms with van der Waals surface area (Å²) in [5.41, 5.74) is 3.37. The predicted molar refractivity (Wildman–Crippen MR) is 105 cm³/mol. The molecule has 4 aromatic rings. The third kappa shape index (κ3) is 3.68. The van der Waals surface area contributed by atoms with E-state index < -0.39 is 0 Å². The number of fused-ring (bicyclic) bond motifs is 1. The maximum absolute atomic E-state index is 12.5. The van der Waals surface area contributed by atoms with Crippen molar-refractivity contribution in [3.05, 3.63) is 59.4 Å². The van der Waals surface area contributed by atoms with Gasteiger partial charge in [0.05, 0.1) is 6.61 Å². The molecule has 0 spiro atoms. The molecule has 0 bridgehead atoms. The number of aromatic nitrogens is 2. The normalized spacial score (nSPS) is 10.9. The summed E-state index contributed by atoms with van der Waals surface area (Å²) >= 11 is 1.43. The molecule has 0 radical (unpaired) electrons. The van der Waals surface area contributed by atoms with Gasteiger partial charge in [-0.2, -0.15) is 0 Å². The molecule has 0 aliphatic rings. The Balaban J connectivity index is 1.50. The molecule has 6 nitrogen and oxygen atoms in total. The largest absolute Gasteiger partial charge is 0.494 e. The molecule has 136 valence electrons. The Morgan fingerprint density at radius 1 is 1.19 bits per heavy atom. The number of hydrogen-bond donors (Lipinski definition) is 1. The molecule has 2 aromatic heterocycles. The number of aryl methyl sites for hydroxylation is 1. The summed E-state index contributed by atoms with van der Waals surface area (Å²) in [5.74, 6) is 1.14. The topological polar surface area (TPSA) is 77.2 Å². The smallest absolute Gasteiger partial charge is 0.275 e. The van der Waals surface area contributed by atoms with Crippen LogP contribution in [0.5, 0.6) is 5.75 Å². The third-order valence-electron chi connectivity index (χ3n) is 3.90. The number of anilines is 1. The summed E-state index contributed by atoms with van der Waals surface area (Å²) in [4.78, 5) is 21.2. The van der Waals surface area contributed by atoms with Gasteiger partial charge in [-0.15, -0.1) is 11.3 Å². The number of oxazole rings is 1. The highest BCUT2D eigenvalue weighted by atomic mass is 32.1. The molecule has 0 aliphatic carbocycles. The van der Waals surface area contributed by atoms with E-state index in [0.717, 1.165) is 16.3 Å². The van der Waals surface area contributed by atoms with Gasteiger partial charge in [0.1, 0.15) is 22.0 Å². The van der Waals surface area contributed by atoms with E-state index in [9.17, 15) is 4.79 Å². The number of thiazole rings is 1. The summed E-state index contributed by atoms with van der Waals surface area (Å²) in [7, 11) is 0. The van der Waals surface area contributed by atoms with Crippen molar-refractivity contribution in [2.75, 3.05) is 11.9 Å². The van der Waals surface area contributed by atoms with Crippen LogP contribution < -0.4 is 10.1 Å². The van der Waals surface area contributed by atoms with E-state index in [0.29, 0.717) is 35.0 Å². The SMILES string of the molecule is CCOc1ccc(-c2nc(C(=O)Nc3ccc4oc(C)nc4c3)cs2)cc1. The highest BCUT2D eigenvalue weighted by molar-refractivity contribution is 7.13. The van der Waals surface area contributed by atoms with Crippen LogP contribution in [-0.4, -0.2) is 22.5 Å². The first-order valence-corrected chi connectivity index (χ1v) is 9.37. The van der Waals surface area contributed by atoms with E-state index in [2.05, 4.69) is 15.3 Å². The number of hydrogen-bond acceptors (Lipinski definition) is 6. The lowest BCUT2D eigenvalue weighted by Crippen LogP contribution is -2.12. The standard InChI is InChI=1S/C20H17N3O3S/c1-3-25-15-7-4-13(5-8-15)20-23-17(11-27-20)19(24)22-14-6-9-18-16(10-14)21-12(2)26-18/h4-11H,3H2,1-2H3,(H,22,24). The van der Waals surface area contributed by atoms with Crippen LogP contribution in [-0.2, 0) is 0 Å². The number of rotatable bonds is 5. The minimum Gasteiger partial charge on any atom is -0.494 e. The molecule has 1 N–H and O–H groups in total. The first-order chi connectivity index (χ1) is 13.1. The quantitative estimate of drug-likeness (QED) is 0.533. The first kappa shape index (κ1) is 17.2. The molecule has 0 saturated carbocycles. The number of carbonyl (C=O) groups excluding carboxylic acids is 1. The van der Waals surface area contributed by atoms with E-state index in [1.54, 1.807) is 30.5 Å². The summed E-state index contributed by atoms with van der Waals surface area (Å²) in [5, 5.41) is 5.39. The van der Waals surface area contributed by atoms with Crippen LogP contribution >= 0.6 is 11.3 Å². The summed E-state index contributed by atoms with van der Waals surface area (Å²) in [6.07, 6.45) is 0. The second-order valence-corrected chi connectivity index (χ2v) is 6.72. The Hall–Kier alpha value is -3.19. The third-order valence-corrected chi connectivity index (χ3v) is 4.79.